The van der Waals surface area contributed by atoms with Gasteiger partial charge in [0.1, 0.15) is 0 Å². The maximum Gasteiger partial charge on any atom is 0.416 e. The topological polar surface area (TPSA) is 44.4 Å². The molecule has 2 N–H and O–H groups in total. The molecule has 1 saturated heterocycles. The van der Waals surface area contributed by atoms with Gasteiger partial charge in [-0.25, -0.2) is 0 Å². The van der Waals surface area contributed by atoms with Gasteiger partial charge in [0, 0.05) is 22.5 Å². The molecule has 4 nitrogen and oxygen atoms in total. The van der Waals surface area contributed by atoms with Gasteiger partial charge in [0.05, 0.1) is 12.1 Å². The molecule has 0 radical (unpaired) electrons. The Bertz CT molecular complexity index is 741. The van der Waals surface area contributed by atoms with Crippen molar-refractivity contribution in [2.24, 2.45) is 5.92 Å². The first-order valence-electron chi connectivity index (χ1n) is 9.57. The first-order valence-corrected chi connectivity index (χ1v) is 10.5. The molecule has 29 heavy (non-hydrogen) atoms. The molecule has 162 valence electrons. The number of hydrogen-bond donors (Lipinski definition) is 2. The monoisotopic (exact) mass is 449 g/mol. The van der Waals surface area contributed by atoms with Gasteiger partial charge < -0.3 is 5.32 Å². The number of carbonyl (C=O) groups excluding carboxylic acids is 1. The van der Waals surface area contributed by atoms with Gasteiger partial charge in [-0.2, -0.15) is 13.2 Å². The average Bonchev–Trinajstić information content (AvgIpc) is 2.58. The van der Waals surface area contributed by atoms with Gasteiger partial charge in [0.15, 0.2) is 0 Å². The Labute approximate surface area is 177 Å². The van der Waals surface area contributed by atoms with E-state index in [1.807, 2.05) is 20.8 Å². The summed E-state index contributed by atoms with van der Waals surface area (Å²) < 4.78 is 38.9. The molecule has 1 amide bonds. The Balaban J connectivity index is 1.81. The van der Waals surface area contributed by atoms with Crippen LogP contribution in [0.3, 0.4) is 0 Å². The number of hydrogen-bond acceptors (Lipinski definition) is 2. The lowest BCUT2D eigenvalue weighted by Crippen LogP contribution is -2.48. The van der Waals surface area contributed by atoms with Crippen LogP contribution in [-0.2, 0) is 11.0 Å². The molecule has 0 spiro atoms. The van der Waals surface area contributed by atoms with E-state index in [1.165, 1.54) is 6.07 Å². The highest BCUT2D eigenvalue weighted by molar-refractivity contribution is 7.21. The van der Waals surface area contributed by atoms with E-state index in [0.717, 1.165) is 38.1 Å². The summed E-state index contributed by atoms with van der Waals surface area (Å²) in [5.41, 5.74) is -0.185. The zero-order chi connectivity index (χ0) is 21.8. The predicted octanol–water partition coefficient (Wildman–Crippen LogP) is 4.20. The number of rotatable bonds is 6. The maximum atomic E-state index is 13.0. The minimum absolute atomic E-state index is 0.0197. The molecule has 0 saturated carbocycles. The van der Waals surface area contributed by atoms with Crippen LogP contribution >= 0.6 is 20.5 Å². The van der Waals surface area contributed by atoms with Crippen molar-refractivity contribution in [2.75, 3.05) is 26.2 Å². The van der Waals surface area contributed by atoms with Crippen molar-refractivity contribution in [3.05, 3.63) is 34.3 Å². The third kappa shape index (κ3) is 8.25. The van der Waals surface area contributed by atoms with Crippen molar-refractivity contribution in [3.63, 3.8) is 0 Å². The van der Waals surface area contributed by atoms with Gasteiger partial charge in [-0.1, -0.05) is 11.6 Å². The molecule has 0 aromatic heterocycles. The fourth-order valence-electron chi connectivity index (χ4n) is 3.26. The van der Waals surface area contributed by atoms with Crippen LogP contribution in [0, 0.1) is 5.92 Å². The molecule has 1 fully saturated rings. The normalized spacial score (nSPS) is 16.7. The highest BCUT2D eigenvalue weighted by atomic mass is 35.5. The largest absolute Gasteiger partial charge is 0.416 e. The molecule has 1 aromatic rings. The number of piperidine rings is 1. The number of alkyl halides is 3. The summed E-state index contributed by atoms with van der Waals surface area (Å²) >= 11 is 5.85. The van der Waals surface area contributed by atoms with E-state index >= 15 is 0 Å². The summed E-state index contributed by atoms with van der Waals surface area (Å²) in [4.78, 5) is 14.2. The molecule has 1 aliphatic heterocycles. The van der Waals surface area contributed by atoms with Crippen LogP contribution < -0.4 is 10.6 Å². The van der Waals surface area contributed by atoms with Gasteiger partial charge in [0.25, 0.3) is 0 Å². The lowest BCUT2D eigenvalue weighted by Gasteiger charge is -2.32. The molecule has 1 heterocycles. The van der Waals surface area contributed by atoms with E-state index < -0.39 is 11.7 Å². The first kappa shape index (κ1) is 24.1. The van der Waals surface area contributed by atoms with E-state index in [-0.39, 0.29) is 16.5 Å². The Hall–Kier alpha value is -1.14. The molecular formula is C20H28ClF3N3OP. The lowest BCUT2D eigenvalue weighted by atomic mass is 9.96. The van der Waals surface area contributed by atoms with Crippen LogP contribution in [0.2, 0.25) is 5.02 Å². The fraction of sp³-hybridized carbons (Fsp3) is 0.600. The lowest BCUT2D eigenvalue weighted by molar-refractivity contribution is -0.137. The maximum absolute atomic E-state index is 13.0. The van der Waals surface area contributed by atoms with Crippen LogP contribution in [0.25, 0.3) is 0 Å². The summed E-state index contributed by atoms with van der Waals surface area (Å²) in [7, 11) is 3.39. The second-order valence-electron chi connectivity index (χ2n) is 8.50. The van der Waals surface area contributed by atoms with Gasteiger partial charge >= 0.3 is 6.18 Å². The zero-order valence-electron chi connectivity index (χ0n) is 16.9. The smallest absolute Gasteiger partial charge is 0.350 e. The third-order valence-electron chi connectivity index (χ3n) is 4.67. The summed E-state index contributed by atoms with van der Waals surface area (Å²) in [6.45, 7) is 8.51. The molecule has 9 heteroatoms. The zero-order valence-corrected chi connectivity index (χ0v) is 18.7. The van der Waals surface area contributed by atoms with Gasteiger partial charge in [-0.15, -0.1) is 8.86 Å². The number of likely N-dealkylation sites (tertiary alicyclic amines) is 1. The van der Waals surface area contributed by atoms with E-state index in [0.29, 0.717) is 30.0 Å². The van der Waals surface area contributed by atoms with Crippen molar-refractivity contribution in [3.8, 4) is 0 Å². The van der Waals surface area contributed by atoms with Crippen LogP contribution in [0.5, 0.6) is 0 Å². The molecule has 1 aromatic carbocycles. The summed E-state index contributed by atoms with van der Waals surface area (Å²) in [6, 6.07) is 3.47. The Morgan fingerprint density at radius 2 is 1.83 bits per heavy atom. The van der Waals surface area contributed by atoms with Crippen molar-refractivity contribution in [1.29, 1.82) is 0 Å². The second kappa shape index (κ2) is 9.78. The van der Waals surface area contributed by atoms with Crippen LogP contribution in [0.15, 0.2) is 18.2 Å². The van der Waals surface area contributed by atoms with Crippen molar-refractivity contribution >= 4 is 31.8 Å². The van der Waals surface area contributed by atoms with E-state index in [9.17, 15) is 18.0 Å². The van der Waals surface area contributed by atoms with E-state index in [4.69, 9.17) is 11.6 Å². The first-order chi connectivity index (χ1) is 13.3. The predicted molar refractivity (Wildman–Crippen MR) is 114 cm³/mol. The quantitative estimate of drug-likeness (QED) is 0.640. The molecule has 0 unspecified atom stereocenters. The Morgan fingerprint density at radius 3 is 2.38 bits per heavy atom. The number of amides is 1. The number of carbonyl (C=O) groups is 1. The van der Waals surface area contributed by atoms with Crippen molar-refractivity contribution in [1.82, 2.24) is 15.5 Å². The summed E-state index contributed by atoms with van der Waals surface area (Å²) in [5.74, 6) is 0.399. The summed E-state index contributed by atoms with van der Waals surface area (Å²) in [5, 5.41) is 6.17. The average molecular weight is 450 g/mol. The number of halogens is 4. The standard InChI is InChI=1S/C20H28ClF3N3OP/c1-19(2,3)26-17(28)12-27-6-4-13(5-7-27)11-25-18(29)14-8-15(20(22,23)24)10-16(21)9-14/h8-10,13,25,29H,4-7,11-12H2,1-3H3,(H,26,28). The Morgan fingerprint density at radius 1 is 1.21 bits per heavy atom. The fourth-order valence-corrected chi connectivity index (χ4v) is 3.74. The van der Waals surface area contributed by atoms with Gasteiger partial charge in [0.2, 0.25) is 5.91 Å². The molecule has 0 atom stereocenters. The minimum atomic E-state index is -4.45. The van der Waals surface area contributed by atoms with Crippen LogP contribution in [0.1, 0.15) is 44.7 Å². The Kier molecular flexibility index (Phi) is 8.14. The molecule has 2 rings (SSSR count). The van der Waals surface area contributed by atoms with E-state index in [1.54, 1.807) is 0 Å². The number of benzene rings is 1. The molecular weight excluding hydrogens is 422 g/mol. The van der Waals surface area contributed by atoms with Gasteiger partial charge in [-0.05, 0) is 76.4 Å². The highest BCUT2D eigenvalue weighted by Crippen LogP contribution is 2.32. The number of nitrogens with zero attached hydrogens (tertiary/aromatic N) is 1. The summed E-state index contributed by atoms with van der Waals surface area (Å²) in [6.07, 6.45) is -2.62. The second-order valence-corrected chi connectivity index (χ2v) is 9.44. The van der Waals surface area contributed by atoms with Crippen LogP contribution in [0.4, 0.5) is 13.2 Å². The molecule has 1 aliphatic rings. The SMILES string of the molecule is CC(C)(C)NC(=O)CN1CCC(CNC(=P)c2cc(Cl)cc(C(F)(F)F)c2)CC1. The molecule has 0 aliphatic carbocycles. The van der Waals surface area contributed by atoms with Crippen molar-refractivity contribution in [2.45, 2.75) is 45.3 Å². The van der Waals surface area contributed by atoms with Crippen LogP contribution in [-0.4, -0.2) is 47.9 Å². The van der Waals surface area contributed by atoms with E-state index in [2.05, 4.69) is 24.4 Å². The molecule has 0 bridgehead atoms. The number of nitrogens with one attached hydrogen (secondary N) is 2. The highest BCUT2D eigenvalue weighted by Gasteiger charge is 2.31. The van der Waals surface area contributed by atoms with Gasteiger partial charge in [-0.3, -0.25) is 15.0 Å². The minimum Gasteiger partial charge on any atom is -0.350 e. The van der Waals surface area contributed by atoms with Crippen molar-refractivity contribution < 1.29 is 18.0 Å². The third-order valence-corrected chi connectivity index (χ3v) is 5.35.